The SMILES string of the molecule is O=C([C@@H]1C[C@H]1c1ccccc1)N1CCCC(Nc2ccnc(-c3cnc4ccc(F)cn34)n2)C1. The van der Waals surface area contributed by atoms with E-state index in [-0.39, 0.29) is 23.7 Å². The Bertz CT molecular complexity index is 1340. The predicted molar refractivity (Wildman–Crippen MR) is 127 cm³/mol. The summed E-state index contributed by atoms with van der Waals surface area (Å²) in [6.07, 6.45) is 7.57. The zero-order chi connectivity index (χ0) is 23.1. The van der Waals surface area contributed by atoms with E-state index in [1.54, 1.807) is 22.9 Å². The Morgan fingerprint density at radius 2 is 1.97 bits per heavy atom. The molecule has 1 aliphatic carbocycles. The molecule has 2 aliphatic rings. The topological polar surface area (TPSA) is 75.4 Å². The Hall–Kier alpha value is -3.81. The molecular weight excluding hydrogens is 431 g/mol. The fourth-order valence-electron chi connectivity index (χ4n) is 4.96. The van der Waals surface area contributed by atoms with Crippen LogP contribution in [0.15, 0.2) is 67.1 Å². The third-order valence-corrected chi connectivity index (χ3v) is 6.77. The molecule has 2 fully saturated rings. The predicted octanol–water partition coefficient (Wildman–Crippen LogP) is 4.14. The van der Waals surface area contributed by atoms with Crippen molar-refractivity contribution in [2.24, 2.45) is 5.92 Å². The summed E-state index contributed by atoms with van der Waals surface area (Å²) in [6.45, 7) is 1.47. The molecule has 34 heavy (non-hydrogen) atoms. The molecule has 3 atom stereocenters. The van der Waals surface area contributed by atoms with E-state index in [0.29, 0.717) is 35.4 Å². The summed E-state index contributed by atoms with van der Waals surface area (Å²) >= 11 is 0. The number of hydrogen-bond donors (Lipinski definition) is 1. The van der Waals surface area contributed by atoms with Crippen LogP contribution in [0.1, 0.15) is 30.7 Å². The minimum atomic E-state index is -0.349. The number of halogens is 1. The van der Waals surface area contributed by atoms with Crippen molar-refractivity contribution in [1.82, 2.24) is 24.3 Å². The summed E-state index contributed by atoms with van der Waals surface area (Å²) in [5.74, 6) is 1.51. The van der Waals surface area contributed by atoms with Crippen LogP contribution in [0.2, 0.25) is 0 Å². The van der Waals surface area contributed by atoms with Gasteiger partial charge >= 0.3 is 0 Å². The molecule has 1 unspecified atom stereocenters. The summed E-state index contributed by atoms with van der Waals surface area (Å²) in [4.78, 5) is 28.5. The van der Waals surface area contributed by atoms with Gasteiger partial charge in [0.2, 0.25) is 5.91 Å². The number of hydrogen-bond acceptors (Lipinski definition) is 5. The van der Waals surface area contributed by atoms with Gasteiger partial charge in [0.15, 0.2) is 5.82 Å². The monoisotopic (exact) mass is 456 g/mol. The fraction of sp³-hybridized carbons (Fsp3) is 0.308. The van der Waals surface area contributed by atoms with Gasteiger partial charge in [0.25, 0.3) is 0 Å². The number of pyridine rings is 1. The molecule has 1 N–H and O–H groups in total. The van der Waals surface area contributed by atoms with Crippen molar-refractivity contribution in [3.63, 3.8) is 0 Å². The zero-order valence-corrected chi connectivity index (χ0v) is 18.6. The number of likely N-dealkylation sites (tertiary alicyclic amines) is 1. The van der Waals surface area contributed by atoms with Crippen LogP contribution in [-0.2, 0) is 4.79 Å². The third kappa shape index (κ3) is 4.00. The lowest BCUT2D eigenvalue weighted by molar-refractivity contribution is -0.133. The summed E-state index contributed by atoms with van der Waals surface area (Å²) in [5, 5.41) is 3.48. The molecule has 0 bridgehead atoms. The van der Waals surface area contributed by atoms with Gasteiger partial charge in [-0.3, -0.25) is 9.20 Å². The lowest BCUT2D eigenvalue weighted by Gasteiger charge is -2.33. The van der Waals surface area contributed by atoms with Crippen molar-refractivity contribution in [3.05, 3.63) is 78.5 Å². The van der Waals surface area contributed by atoms with Crippen LogP contribution in [0.25, 0.3) is 17.2 Å². The standard InChI is InChI=1S/C26H25FN6O/c27-18-8-9-24-29-14-22(33(24)15-18)25-28-11-10-23(31-25)30-19-7-4-12-32(16-19)26(34)21-13-20(21)17-5-2-1-3-6-17/h1-3,5-6,8-11,14-15,19-21H,4,7,12-13,16H2,(H,28,30,31)/t19?,20-,21+/m0/s1. The summed E-state index contributed by atoms with van der Waals surface area (Å²) in [6, 6.07) is 15.3. The maximum atomic E-state index is 13.7. The molecule has 4 heterocycles. The van der Waals surface area contributed by atoms with Gasteiger partial charge in [-0.2, -0.15) is 0 Å². The van der Waals surface area contributed by atoms with E-state index in [1.807, 2.05) is 29.2 Å². The Kier molecular flexibility index (Phi) is 5.20. The number of piperidine rings is 1. The van der Waals surface area contributed by atoms with Crippen LogP contribution >= 0.6 is 0 Å². The average Bonchev–Trinajstić information content (AvgIpc) is 3.57. The van der Waals surface area contributed by atoms with Crippen molar-refractivity contribution in [2.45, 2.75) is 31.2 Å². The van der Waals surface area contributed by atoms with Gasteiger partial charge in [-0.1, -0.05) is 30.3 Å². The van der Waals surface area contributed by atoms with Gasteiger partial charge in [0.05, 0.1) is 6.20 Å². The highest BCUT2D eigenvalue weighted by Crippen LogP contribution is 2.48. The smallest absolute Gasteiger partial charge is 0.226 e. The first-order chi connectivity index (χ1) is 16.7. The quantitative estimate of drug-likeness (QED) is 0.489. The third-order valence-electron chi connectivity index (χ3n) is 6.77. The van der Waals surface area contributed by atoms with Gasteiger partial charge in [-0.25, -0.2) is 19.3 Å². The number of nitrogens with one attached hydrogen (secondary N) is 1. The summed E-state index contributed by atoms with van der Waals surface area (Å²) in [7, 11) is 0. The number of amides is 1. The first-order valence-corrected chi connectivity index (χ1v) is 11.7. The molecule has 3 aromatic heterocycles. The number of imidazole rings is 1. The minimum absolute atomic E-state index is 0.0994. The molecule has 0 radical (unpaired) electrons. The molecule has 1 amide bonds. The summed E-state index contributed by atoms with van der Waals surface area (Å²) < 4.78 is 15.4. The number of benzene rings is 1. The van der Waals surface area contributed by atoms with Crippen molar-refractivity contribution in [1.29, 1.82) is 0 Å². The molecular formula is C26H25FN6O. The van der Waals surface area contributed by atoms with Crippen LogP contribution < -0.4 is 5.32 Å². The Labute approximate surface area is 196 Å². The lowest BCUT2D eigenvalue weighted by atomic mass is 10.0. The number of carbonyl (C=O) groups excluding carboxylic acids is 1. The first kappa shape index (κ1) is 20.8. The Morgan fingerprint density at radius 1 is 1.09 bits per heavy atom. The van der Waals surface area contributed by atoms with E-state index in [2.05, 4.69) is 32.4 Å². The molecule has 7 nitrogen and oxygen atoms in total. The zero-order valence-electron chi connectivity index (χ0n) is 18.6. The first-order valence-electron chi connectivity index (χ1n) is 11.7. The Balaban J connectivity index is 1.14. The maximum Gasteiger partial charge on any atom is 0.226 e. The molecule has 0 spiro atoms. The molecule has 8 heteroatoms. The second-order valence-corrected chi connectivity index (χ2v) is 9.11. The van der Waals surface area contributed by atoms with E-state index in [9.17, 15) is 9.18 Å². The second kappa shape index (κ2) is 8.52. The summed E-state index contributed by atoms with van der Waals surface area (Å²) in [5.41, 5.74) is 2.52. The number of aromatic nitrogens is 4. The van der Waals surface area contributed by atoms with Gasteiger partial charge in [0, 0.05) is 37.4 Å². The molecule has 1 saturated heterocycles. The maximum absolute atomic E-state index is 13.7. The van der Waals surface area contributed by atoms with E-state index < -0.39 is 0 Å². The largest absolute Gasteiger partial charge is 0.365 e. The van der Waals surface area contributed by atoms with E-state index in [4.69, 9.17) is 0 Å². The van der Waals surface area contributed by atoms with Gasteiger partial charge in [-0.15, -0.1) is 0 Å². The van der Waals surface area contributed by atoms with Gasteiger partial charge in [-0.05, 0) is 48.9 Å². The molecule has 1 aromatic carbocycles. The van der Waals surface area contributed by atoms with E-state index in [0.717, 1.165) is 25.8 Å². The molecule has 1 aliphatic heterocycles. The van der Waals surface area contributed by atoms with Crippen LogP contribution in [0.4, 0.5) is 10.2 Å². The second-order valence-electron chi connectivity index (χ2n) is 9.11. The fourth-order valence-corrected chi connectivity index (χ4v) is 4.96. The van der Waals surface area contributed by atoms with E-state index in [1.165, 1.54) is 17.8 Å². The van der Waals surface area contributed by atoms with Crippen molar-refractivity contribution >= 4 is 17.4 Å². The molecule has 4 aromatic rings. The molecule has 6 rings (SSSR count). The average molecular weight is 457 g/mol. The highest BCUT2D eigenvalue weighted by molar-refractivity contribution is 5.83. The normalized spacial score (nSPS) is 22.0. The molecule has 1 saturated carbocycles. The minimum Gasteiger partial charge on any atom is -0.365 e. The number of rotatable bonds is 5. The van der Waals surface area contributed by atoms with Crippen molar-refractivity contribution in [3.8, 4) is 11.5 Å². The van der Waals surface area contributed by atoms with Crippen LogP contribution in [0.5, 0.6) is 0 Å². The van der Waals surface area contributed by atoms with Gasteiger partial charge in [0.1, 0.15) is 23.0 Å². The highest BCUT2D eigenvalue weighted by atomic mass is 19.1. The number of nitrogens with zero attached hydrogens (tertiary/aromatic N) is 5. The number of fused-ring (bicyclic) bond motifs is 1. The number of carbonyl (C=O) groups is 1. The van der Waals surface area contributed by atoms with Crippen molar-refractivity contribution < 1.29 is 9.18 Å². The lowest BCUT2D eigenvalue weighted by Crippen LogP contribution is -2.46. The Morgan fingerprint density at radius 3 is 2.85 bits per heavy atom. The van der Waals surface area contributed by atoms with E-state index >= 15 is 0 Å². The number of anilines is 1. The van der Waals surface area contributed by atoms with Crippen LogP contribution in [0, 0.1) is 11.7 Å². The van der Waals surface area contributed by atoms with Crippen LogP contribution in [0.3, 0.4) is 0 Å². The molecule has 172 valence electrons. The van der Waals surface area contributed by atoms with Crippen molar-refractivity contribution in [2.75, 3.05) is 18.4 Å². The van der Waals surface area contributed by atoms with Gasteiger partial charge < -0.3 is 10.2 Å². The van der Waals surface area contributed by atoms with Crippen LogP contribution in [-0.4, -0.2) is 49.3 Å². The highest BCUT2D eigenvalue weighted by Gasteiger charge is 2.46.